The second kappa shape index (κ2) is 8.60. The third-order valence-electron chi connectivity index (χ3n) is 4.60. The van der Waals surface area contributed by atoms with Crippen molar-refractivity contribution >= 4 is 44.8 Å². The summed E-state index contributed by atoms with van der Waals surface area (Å²) in [6.07, 6.45) is 1.86. The minimum Gasteiger partial charge on any atom is -0.360 e. The van der Waals surface area contributed by atoms with Gasteiger partial charge in [0.25, 0.3) is 11.6 Å². The van der Waals surface area contributed by atoms with Crippen LogP contribution in [0, 0.1) is 17.0 Å². The van der Waals surface area contributed by atoms with Gasteiger partial charge >= 0.3 is 0 Å². The quantitative estimate of drug-likeness (QED) is 0.484. The van der Waals surface area contributed by atoms with E-state index >= 15 is 0 Å². The molecule has 0 radical (unpaired) electrons. The SMILES string of the molecule is Cc1cc(Br)ccc1NC(=O)CN(C)c1ccc(C(=O)NC2CC2)cc1[N+](=O)[O-]. The van der Waals surface area contributed by atoms with Crippen molar-refractivity contribution in [2.24, 2.45) is 0 Å². The van der Waals surface area contributed by atoms with E-state index in [1.54, 1.807) is 13.1 Å². The summed E-state index contributed by atoms with van der Waals surface area (Å²) in [6.45, 7) is 1.80. The maximum atomic E-state index is 12.4. The first kappa shape index (κ1) is 20.8. The zero-order valence-corrected chi connectivity index (χ0v) is 17.7. The lowest BCUT2D eigenvalue weighted by atomic mass is 10.1. The van der Waals surface area contributed by atoms with E-state index in [1.165, 1.54) is 23.1 Å². The zero-order valence-electron chi connectivity index (χ0n) is 16.1. The van der Waals surface area contributed by atoms with Crippen LogP contribution in [0.4, 0.5) is 17.1 Å². The van der Waals surface area contributed by atoms with Crippen LogP contribution in [-0.4, -0.2) is 36.4 Å². The van der Waals surface area contributed by atoms with Gasteiger partial charge in [0.15, 0.2) is 0 Å². The van der Waals surface area contributed by atoms with Gasteiger partial charge in [-0.15, -0.1) is 0 Å². The first-order valence-corrected chi connectivity index (χ1v) is 9.90. The molecular weight excluding hydrogens is 440 g/mol. The fourth-order valence-electron chi connectivity index (χ4n) is 2.89. The maximum Gasteiger partial charge on any atom is 0.293 e. The number of hydrogen-bond acceptors (Lipinski definition) is 5. The number of anilines is 2. The summed E-state index contributed by atoms with van der Waals surface area (Å²) >= 11 is 3.37. The number of nitro groups is 1. The molecule has 0 unspecified atom stereocenters. The fraction of sp³-hybridized carbons (Fsp3) is 0.300. The highest BCUT2D eigenvalue weighted by atomic mass is 79.9. The Bertz CT molecular complexity index is 975. The second-order valence-corrected chi connectivity index (χ2v) is 7.99. The Hall–Kier alpha value is -2.94. The summed E-state index contributed by atoms with van der Waals surface area (Å²) in [6, 6.07) is 9.94. The Morgan fingerprint density at radius 2 is 1.97 bits per heavy atom. The minimum absolute atomic E-state index is 0.0794. The summed E-state index contributed by atoms with van der Waals surface area (Å²) < 4.78 is 0.909. The van der Waals surface area contributed by atoms with Crippen molar-refractivity contribution in [3.63, 3.8) is 0 Å². The van der Waals surface area contributed by atoms with Gasteiger partial charge in [-0.2, -0.15) is 0 Å². The number of nitro benzene ring substituents is 1. The normalized spacial score (nSPS) is 12.9. The number of nitrogens with zero attached hydrogens (tertiary/aromatic N) is 2. The van der Waals surface area contributed by atoms with E-state index in [0.717, 1.165) is 22.9 Å². The molecular formula is C20H21BrN4O4. The van der Waals surface area contributed by atoms with E-state index in [9.17, 15) is 19.7 Å². The number of carbonyl (C=O) groups excluding carboxylic acids is 2. The predicted molar refractivity (Wildman–Crippen MR) is 114 cm³/mol. The molecule has 8 nitrogen and oxygen atoms in total. The number of likely N-dealkylation sites (N-methyl/N-ethyl adjacent to an activating group) is 1. The van der Waals surface area contributed by atoms with Crippen molar-refractivity contribution in [1.29, 1.82) is 0 Å². The van der Waals surface area contributed by atoms with Gasteiger partial charge in [0.05, 0.1) is 11.5 Å². The number of aryl methyl sites for hydroxylation is 1. The third kappa shape index (κ3) is 5.32. The number of amides is 2. The van der Waals surface area contributed by atoms with Gasteiger partial charge in [-0.25, -0.2) is 0 Å². The van der Waals surface area contributed by atoms with E-state index < -0.39 is 4.92 Å². The third-order valence-corrected chi connectivity index (χ3v) is 5.09. The van der Waals surface area contributed by atoms with Crippen molar-refractivity contribution in [1.82, 2.24) is 5.32 Å². The summed E-state index contributed by atoms with van der Waals surface area (Å²) in [5.74, 6) is -0.629. The lowest BCUT2D eigenvalue weighted by Crippen LogP contribution is -2.31. The van der Waals surface area contributed by atoms with Crippen molar-refractivity contribution in [2.45, 2.75) is 25.8 Å². The van der Waals surface area contributed by atoms with Gasteiger partial charge in [0, 0.05) is 34.9 Å². The molecule has 29 heavy (non-hydrogen) atoms. The molecule has 0 heterocycles. The molecule has 1 fully saturated rings. The number of halogens is 1. The van der Waals surface area contributed by atoms with Crippen LogP contribution in [-0.2, 0) is 4.79 Å². The lowest BCUT2D eigenvalue weighted by molar-refractivity contribution is -0.384. The Balaban J connectivity index is 1.73. The van der Waals surface area contributed by atoms with Crippen LogP contribution in [0.3, 0.4) is 0 Å². The topological polar surface area (TPSA) is 105 Å². The molecule has 152 valence electrons. The van der Waals surface area contributed by atoms with Crippen LogP contribution in [0.5, 0.6) is 0 Å². The molecule has 1 aliphatic rings. The smallest absolute Gasteiger partial charge is 0.293 e. The first-order valence-electron chi connectivity index (χ1n) is 9.11. The van der Waals surface area contributed by atoms with Crippen LogP contribution in [0.25, 0.3) is 0 Å². The minimum atomic E-state index is -0.545. The molecule has 3 rings (SSSR count). The standard InChI is InChI=1S/C20H21BrN4O4/c1-12-9-14(21)4-7-16(12)23-19(26)11-24(2)17-8-3-13(10-18(17)25(28)29)20(27)22-15-5-6-15/h3-4,7-10,15H,5-6,11H2,1-2H3,(H,22,27)(H,23,26). The van der Waals surface area contributed by atoms with Crippen LogP contribution < -0.4 is 15.5 Å². The number of hydrogen-bond donors (Lipinski definition) is 2. The number of benzene rings is 2. The average Bonchev–Trinajstić information content (AvgIpc) is 3.47. The Kier molecular flexibility index (Phi) is 6.17. The predicted octanol–water partition coefficient (Wildman–Crippen LogP) is 3.63. The van der Waals surface area contributed by atoms with E-state index in [4.69, 9.17) is 0 Å². The Labute approximate surface area is 176 Å². The van der Waals surface area contributed by atoms with E-state index in [2.05, 4.69) is 26.6 Å². The summed E-state index contributed by atoms with van der Waals surface area (Å²) in [5, 5.41) is 17.2. The van der Waals surface area contributed by atoms with Crippen LogP contribution >= 0.6 is 15.9 Å². The molecule has 0 saturated heterocycles. The Morgan fingerprint density at radius 1 is 1.24 bits per heavy atom. The van der Waals surface area contributed by atoms with Crippen molar-refractivity contribution in [3.05, 3.63) is 62.1 Å². The van der Waals surface area contributed by atoms with Crippen LogP contribution in [0.15, 0.2) is 40.9 Å². The molecule has 1 saturated carbocycles. The molecule has 0 atom stereocenters. The van der Waals surface area contributed by atoms with E-state index in [0.29, 0.717) is 5.69 Å². The van der Waals surface area contributed by atoms with Crippen LogP contribution in [0.1, 0.15) is 28.8 Å². The fourth-order valence-corrected chi connectivity index (χ4v) is 3.36. The van der Waals surface area contributed by atoms with Crippen molar-refractivity contribution in [2.75, 3.05) is 23.8 Å². The molecule has 0 aromatic heterocycles. The molecule has 9 heteroatoms. The van der Waals surface area contributed by atoms with Crippen molar-refractivity contribution in [3.8, 4) is 0 Å². The highest BCUT2D eigenvalue weighted by molar-refractivity contribution is 9.10. The van der Waals surface area contributed by atoms with Crippen molar-refractivity contribution < 1.29 is 14.5 Å². The number of nitrogens with one attached hydrogen (secondary N) is 2. The molecule has 2 aromatic rings. The molecule has 1 aliphatic carbocycles. The molecule has 0 bridgehead atoms. The van der Waals surface area contributed by atoms with Gasteiger partial charge in [-0.3, -0.25) is 19.7 Å². The van der Waals surface area contributed by atoms with Crippen LogP contribution in [0.2, 0.25) is 0 Å². The molecule has 0 aliphatic heterocycles. The number of carbonyl (C=O) groups is 2. The van der Waals surface area contributed by atoms with Gasteiger partial charge in [0.1, 0.15) is 5.69 Å². The number of rotatable bonds is 7. The van der Waals surface area contributed by atoms with E-state index in [1.807, 2.05) is 19.1 Å². The second-order valence-electron chi connectivity index (χ2n) is 7.07. The first-order chi connectivity index (χ1) is 13.7. The molecule has 2 aromatic carbocycles. The largest absolute Gasteiger partial charge is 0.360 e. The highest BCUT2D eigenvalue weighted by Crippen LogP contribution is 2.29. The molecule has 2 N–H and O–H groups in total. The van der Waals surface area contributed by atoms with Gasteiger partial charge in [-0.1, -0.05) is 15.9 Å². The van der Waals surface area contributed by atoms with Gasteiger partial charge in [0.2, 0.25) is 5.91 Å². The lowest BCUT2D eigenvalue weighted by Gasteiger charge is -2.19. The monoisotopic (exact) mass is 460 g/mol. The molecule has 2 amide bonds. The highest BCUT2D eigenvalue weighted by Gasteiger charge is 2.26. The molecule has 0 spiro atoms. The maximum absolute atomic E-state index is 12.4. The summed E-state index contributed by atoms with van der Waals surface area (Å²) in [4.78, 5) is 37.1. The summed E-state index contributed by atoms with van der Waals surface area (Å²) in [5.41, 5.74) is 1.85. The summed E-state index contributed by atoms with van der Waals surface area (Å²) in [7, 11) is 1.60. The van der Waals surface area contributed by atoms with Gasteiger partial charge in [-0.05, 0) is 55.7 Å². The Morgan fingerprint density at radius 3 is 2.59 bits per heavy atom. The zero-order chi connectivity index (χ0) is 21.1. The van der Waals surface area contributed by atoms with E-state index in [-0.39, 0.29) is 41.3 Å². The average molecular weight is 461 g/mol. The van der Waals surface area contributed by atoms with Gasteiger partial charge < -0.3 is 15.5 Å².